The van der Waals surface area contributed by atoms with Crippen molar-refractivity contribution in [3.8, 4) is 28.3 Å². The number of morpholine rings is 1. The molecule has 2 aromatic heterocycles. The third-order valence-electron chi connectivity index (χ3n) is 6.26. The topological polar surface area (TPSA) is 174 Å². The van der Waals surface area contributed by atoms with E-state index >= 15 is 0 Å². The number of ketones is 1. The van der Waals surface area contributed by atoms with Gasteiger partial charge in [-0.15, -0.1) is 0 Å². The van der Waals surface area contributed by atoms with Gasteiger partial charge >= 0.3 is 6.03 Å². The Bertz CT molecular complexity index is 1490. The quantitative estimate of drug-likeness (QED) is 0.244. The van der Waals surface area contributed by atoms with Crippen molar-refractivity contribution in [2.45, 2.75) is 20.6 Å². The Balaban J connectivity index is 0.00000308. The highest BCUT2D eigenvalue weighted by atomic mass is 16.5. The van der Waals surface area contributed by atoms with Gasteiger partial charge < -0.3 is 25.0 Å². The van der Waals surface area contributed by atoms with E-state index in [1.54, 1.807) is 29.3 Å². The lowest BCUT2D eigenvalue weighted by Crippen LogP contribution is -2.49. The molecule has 2 aliphatic rings. The smallest absolute Gasteiger partial charge is 0.333 e. The number of nitrogens with one attached hydrogen (secondary N) is 3. The molecule has 0 saturated carbocycles. The van der Waals surface area contributed by atoms with Crippen molar-refractivity contribution >= 4 is 17.5 Å². The lowest BCUT2D eigenvalue weighted by Gasteiger charge is -2.27. The minimum absolute atomic E-state index is 0. The van der Waals surface area contributed by atoms with Crippen LogP contribution in [0.1, 0.15) is 35.1 Å². The number of urea groups is 1. The minimum Gasteiger partial charge on any atom is -0.484 e. The van der Waals surface area contributed by atoms with Crippen LogP contribution in [0.4, 0.5) is 10.5 Å². The van der Waals surface area contributed by atoms with E-state index in [1.807, 2.05) is 18.2 Å². The van der Waals surface area contributed by atoms with Gasteiger partial charge in [-0.3, -0.25) is 15.3 Å². The van der Waals surface area contributed by atoms with Crippen molar-refractivity contribution in [2.24, 2.45) is 5.73 Å². The van der Waals surface area contributed by atoms with Gasteiger partial charge in [0.2, 0.25) is 0 Å². The summed E-state index contributed by atoms with van der Waals surface area (Å²) in [4.78, 5) is 30.3. The van der Waals surface area contributed by atoms with Gasteiger partial charge in [0, 0.05) is 24.2 Å². The first kappa shape index (κ1) is 26.0. The molecule has 13 nitrogen and oxygen atoms in total. The minimum atomic E-state index is -0.419. The molecular weight excluding hydrogens is 504 g/mol. The molecule has 1 aliphatic carbocycles. The molecule has 202 valence electrons. The predicted octanol–water partition coefficient (Wildman–Crippen LogP) is 2.71. The molecule has 0 atom stereocenters. The maximum Gasteiger partial charge on any atom is 0.333 e. The number of rotatable bonds is 7. The molecule has 0 radical (unpaired) electrons. The zero-order chi connectivity index (χ0) is 26.1. The van der Waals surface area contributed by atoms with E-state index in [9.17, 15) is 9.59 Å². The summed E-state index contributed by atoms with van der Waals surface area (Å²) in [5.74, 6) is 1.10. The summed E-state index contributed by atoms with van der Waals surface area (Å²) in [7, 11) is 0. The number of ether oxygens (including phenoxy) is 2. The highest BCUT2D eigenvalue weighted by Gasteiger charge is 2.35. The number of carbonyl (C=O) groups excluding carboxylic acids is 2. The van der Waals surface area contributed by atoms with Crippen LogP contribution in [0, 0.1) is 0 Å². The van der Waals surface area contributed by atoms with Gasteiger partial charge in [-0.05, 0) is 30.3 Å². The van der Waals surface area contributed by atoms with E-state index in [-0.39, 0.29) is 26.4 Å². The van der Waals surface area contributed by atoms with Gasteiger partial charge in [0.15, 0.2) is 18.2 Å². The zero-order valence-corrected chi connectivity index (χ0v) is 20.2. The first-order valence-electron chi connectivity index (χ1n) is 12.0. The van der Waals surface area contributed by atoms with Crippen LogP contribution in [-0.2, 0) is 17.9 Å². The van der Waals surface area contributed by atoms with Gasteiger partial charge in [-0.2, -0.15) is 10.1 Å². The molecule has 1 saturated heterocycles. The van der Waals surface area contributed by atoms with Gasteiger partial charge in [-0.25, -0.2) is 9.80 Å². The number of hydrazine groups is 1. The number of H-pyrrole nitrogens is 1. The Morgan fingerprint density at radius 3 is 2.67 bits per heavy atom. The number of amides is 2. The Labute approximate surface area is 223 Å². The molecule has 0 bridgehead atoms. The molecular formula is C26H28N8O5. The van der Waals surface area contributed by atoms with Crippen LogP contribution < -0.4 is 21.2 Å². The molecule has 1 fully saturated rings. The number of benzene rings is 2. The maximum absolute atomic E-state index is 13.6. The Kier molecular flexibility index (Phi) is 7.36. The van der Waals surface area contributed by atoms with Crippen LogP contribution in [0.2, 0.25) is 0 Å². The first-order chi connectivity index (χ1) is 18.6. The third-order valence-corrected chi connectivity index (χ3v) is 6.26. The standard InChI is InChI=1S/C25H24N8O5.CH4/c26-12-18-28-19(38-32-18)13-37-15-6-4-14(5-7-15)22-21-23(30-29-22)16-2-1-3-17(20(16)24(21)34)27-25(35)31-33-8-10-36-11-9-33;/h1-7H,8-13,26H2,(H,29,30)(H2,27,31,35);1H4. The number of fused-ring (bicyclic) bond motifs is 3. The van der Waals surface area contributed by atoms with Crippen LogP contribution in [-0.4, -0.2) is 63.5 Å². The van der Waals surface area contributed by atoms with Crippen molar-refractivity contribution < 1.29 is 23.6 Å². The summed E-state index contributed by atoms with van der Waals surface area (Å²) in [6, 6.07) is 12.1. The fourth-order valence-corrected chi connectivity index (χ4v) is 4.46. The summed E-state index contributed by atoms with van der Waals surface area (Å²) in [6.45, 7) is 2.57. The summed E-state index contributed by atoms with van der Waals surface area (Å²) < 4.78 is 16.1. The molecule has 4 aromatic rings. The van der Waals surface area contributed by atoms with E-state index in [2.05, 4.69) is 31.1 Å². The van der Waals surface area contributed by atoms with Crippen LogP contribution in [0.25, 0.3) is 22.5 Å². The second-order valence-corrected chi connectivity index (χ2v) is 8.67. The number of anilines is 1. The van der Waals surface area contributed by atoms with E-state index in [0.717, 1.165) is 5.56 Å². The summed E-state index contributed by atoms with van der Waals surface area (Å²) in [6.07, 6.45) is 0. The van der Waals surface area contributed by atoms with Crippen LogP contribution in [0.5, 0.6) is 5.75 Å². The largest absolute Gasteiger partial charge is 0.484 e. The van der Waals surface area contributed by atoms with Crippen LogP contribution >= 0.6 is 0 Å². The first-order valence-corrected chi connectivity index (χ1v) is 12.0. The molecule has 39 heavy (non-hydrogen) atoms. The summed E-state index contributed by atoms with van der Waals surface area (Å²) >= 11 is 0. The van der Waals surface area contributed by atoms with E-state index in [0.29, 0.717) is 77.5 Å². The van der Waals surface area contributed by atoms with E-state index in [4.69, 9.17) is 19.7 Å². The molecule has 5 N–H and O–H groups in total. The average molecular weight is 533 g/mol. The number of nitrogens with two attached hydrogens (primary N) is 1. The number of hydrogen-bond acceptors (Lipinski definition) is 10. The van der Waals surface area contributed by atoms with Gasteiger partial charge in [0.25, 0.3) is 5.89 Å². The Hall–Kier alpha value is -4.59. The van der Waals surface area contributed by atoms with E-state index < -0.39 is 6.03 Å². The molecule has 13 heteroatoms. The van der Waals surface area contributed by atoms with Crippen molar-refractivity contribution in [1.29, 1.82) is 0 Å². The van der Waals surface area contributed by atoms with Crippen molar-refractivity contribution in [3.63, 3.8) is 0 Å². The second kappa shape index (κ2) is 11.0. The van der Waals surface area contributed by atoms with Crippen molar-refractivity contribution in [2.75, 3.05) is 31.6 Å². The van der Waals surface area contributed by atoms with Crippen LogP contribution in [0.3, 0.4) is 0 Å². The lowest BCUT2D eigenvalue weighted by atomic mass is 10.0. The number of aromatic amines is 1. The Morgan fingerprint density at radius 2 is 1.92 bits per heavy atom. The summed E-state index contributed by atoms with van der Waals surface area (Å²) in [5, 5.41) is 15.7. The number of aromatic nitrogens is 4. The van der Waals surface area contributed by atoms with E-state index in [1.165, 1.54) is 0 Å². The summed E-state index contributed by atoms with van der Waals surface area (Å²) in [5.41, 5.74) is 12.1. The highest BCUT2D eigenvalue weighted by Crippen LogP contribution is 2.43. The highest BCUT2D eigenvalue weighted by molar-refractivity contribution is 6.26. The Morgan fingerprint density at radius 1 is 1.13 bits per heavy atom. The fraction of sp³-hybridized carbons (Fsp3) is 0.269. The van der Waals surface area contributed by atoms with Gasteiger partial charge in [0.05, 0.1) is 42.3 Å². The molecule has 0 unspecified atom stereocenters. The normalized spacial score (nSPS) is 14.3. The molecule has 2 amide bonds. The number of hydrogen-bond donors (Lipinski definition) is 4. The second-order valence-electron chi connectivity index (χ2n) is 8.67. The number of carbonyl (C=O) groups is 2. The number of nitrogens with zero attached hydrogens (tertiary/aromatic N) is 4. The van der Waals surface area contributed by atoms with Gasteiger partial charge in [0.1, 0.15) is 11.4 Å². The maximum atomic E-state index is 13.6. The third kappa shape index (κ3) is 5.10. The average Bonchev–Trinajstić information content (AvgIpc) is 3.65. The zero-order valence-electron chi connectivity index (χ0n) is 20.2. The fourth-order valence-electron chi connectivity index (χ4n) is 4.46. The monoisotopic (exact) mass is 532 g/mol. The van der Waals surface area contributed by atoms with Crippen molar-refractivity contribution in [1.82, 2.24) is 30.8 Å². The lowest BCUT2D eigenvalue weighted by molar-refractivity contribution is 0.0207. The van der Waals surface area contributed by atoms with Crippen LogP contribution in [0.15, 0.2) is 47.0 Å². The molecule has 0 spiro atoms. The predicted molar refractivity (Wildman–Crippen MR) is 141 cm³/mol. The molecule has 1 aliphatic heterocycles. The molecule has 6 rings (SSSR count). The van der Waals surface area contributed by atoms with Crippen molar-refractivity contribution in [3.05, 3.63) is 65.3 Å². The molecule has 2 aromatic carbocycles. The molecule has 3 heterocycles. The SMILES string of the molecule is C.NCc1noc(COc2ccc(-c3n[nH]c4c3C(=O)c3c(NC(=O)NN5CCOCC5)cccc3-4)cc2)n1. The van der Waals surface area contributed by atoms with Gasteiger partial charge in [-0.1, -0.05) is 24.7 Å².